The molecule has 1 N–H and O–H groups in total. The first-order valence-electron chi connectivity index (χ1n) is 5.56. The summed E-state index contributed by atoms with van der Waals surface area (Å²) in [7, 11) is 0. The summed E-state index contributed by atoms with van der Waals surface area (Å²) in [4.78, 5) is 10.9. The van der Waals surface area contributed by atoms with E-state index >= 15 is 0 Å². The summed E-state index contributed by atoms with van der Waals surface area (Å²) < 4.78 is 43.4. The molecule has 11 heteroatoms. The summed E-state index contributed by atoms with van der Waals surface area (Å²) >= 11 is 15.9. The molecule has 1 atom stereocenters. The van der Waals surface area contributed by atoms with Crippen molar-refractivity contribution >= 4 is 46.4 Å². The molecule has 0 radical (unpaired) electrons. The number of nitrogens with one attached hydrogen (secondary N) is 1. The van der Waals surface area contributed by atoms with Gasteiger partial charge in [0, 0.05) is 0 Å². The highest BCUT2D eigenvalue weighted by Crippen LogP contribution is 2.34. The zero-order valence-electron chi connectivity index (χ0n) is 10.4. The Kier molecular flexibility index (Phi) is 5.15. The lowest BCUT2D eigenvalue weighted by molar-refractivity contribution is -0.198. The molecule has 1 aromatic heterocycles. The Bertz CT molecular complexity index is 655. The lowest BCUT2D eigenvalue weighted by Gasteiger charge is -2.19. The van der Waals surface area contributed by atoms with E-state index in [1.807, 2.05) is 0 Å². The molecule has 2 aromatic rings. The van der Waals surface area contributed by atoms with E-state index in [9.17, 15) is 13.2 Å². The number of rotatable bonds is 5. The second-order valence-electron chi connectivity index (χ2n) is 3.78. The largest absolute Gasteiger partial charge is 0.444 e. The second kappa shape index (κ2) is 6.72. The van der Waals surface area contributed by atoms with Gasteiger partial charge in [0.25, 0.3) is 5.63 Å². The number of nitrogens with zero attached hydrogens (tertiary/aromatic N) is 3. The van der Waals surface area contributed by atoms with Crippen molar-refractivity contribution in [2.45, 2.75) is 11.7 Å². The van der Waals surface area contributed by atoms with E-state index in [0.29, 0.717) is 0 Å². The summed E-state index contributed by atoms with van der Waals surface area (Å²) in [6.07, 6.45) is -4.21. The van der Waals surface area contributed by atoms with Gasteiger partial charge in [-0.25, -0.2) is 4.39 Å². The second-order valence-corrected chi connectivity index (χ2v) is 4.84. The maximum absolute atomic E-state index is 13.2. The van der Waals surface area contributed by atoms with Crippen LogP contribution in [0, 0.1) is 0 Å². The summed E-state index contributed by atoms with van der Waals surface area (Å²) in [6, 6.07) is 5.48. The monoisotopic (exact) mass is 372 g/mol. The van der Waals surface area contributed by atoms with Crippen molar-refractivity contribution in [1.82, 2.24) is 15.0 Å². The van der Waals surface area contributed by atoms with Crippen LogP contribution in [0.5, 0.6) is 5.75 Å². The first-order valence-corrected chi connectivity index (χ1v) is 6.75. The van der Waals surface area contributed by atoms with Gasteiger partial charge in [-0.2, -0.15) is 23.7 Å². The van der Waals surface area contributed by atoms with Crippen LogP contribution in [-0.4, -0.2) is 26.7 Å². The van der Waals surface area contributed by atoms with E-state index in [1.54, 1.807) is 0 Å². The number of hydrogen-bond acceptors (Lipinski definition) is 5. The molecule has 0 aliphatic heterocycles. The van der Waals surface area contributed by atoms with Crippen molar-refractivity contribution in [3.8, 4) is 5.75 Å². The van der Waals surface area contributed by atoms with Gasteiger partial charge in [0.1, 0.15) is 5.75 Å². The van der Waals surface area contributed by atoms with E-state index in [4.69, 9.17) is 34.8 Å². The van der Waals surface area contributed by atoms with Gasteiger partial charge in [-0.05, 0) is 35.3 Å². The quantitative estimate of drug-likeness (QED) is 0.786. The van der Waals surface area contributed by atoms with E-state index in [-0.39, 0.29) is 28.0 Å². The van der Waals surface area contributed by atoms with Crippen LogP contribution in [0.4, 0.5) is 24.8 Å². The van der Waals surface area contributed by atoms with Gasteiger partial charge in [-0.3, -0.25) is 0 Å². The molecule has 0 bridgehead atoms. The smallest absolute Gasteiger partial charge is 0.427 e. The topological polar surface area (TPSA) is 59.9 Å². The minimum atomic E-state index is -4.21. The van der Waals surface area contributed by atoms with Crippen molar-refractivity contribution in [2.75, 3.05) is 5.32 Å². The van der Waals surface area contributed by atoms with Gasteiger partial charge < -0.3 is 10.1 Å². The predicted octanol–water partition coefficient (Wildman–Crippen LogP) is 4.43. The van der Waals surface area contributed by atoms with E-state index in [1.165, 1.54) is 24.3 Å². The number of benzene rings is 1. The van der Waals surface area contributed by atoms with Crippen molar-refractivity contribution in [2.24, 2.45) is 0 Å². The van der Waals surface area contributed by atoms with Crippen molar-refractivity contribution < 1.29 is 17.9 Å². The van der Waals surface area contributed by atoms with Gasteiger partial charge >= 0.3 is 6.11 Å². The van der Waals surface area contributed by atoms with Crippen LogP contribution < -0.4 is 10.1 Å². The van der Waals surface area contributed by atoms with Crippen LogP contribution in [0.2, 0.25) is 10.6 Å². The molecule has 0 aliphatic rings. The Balaban J connectivity index is 2.28. The Hall–Kier alpha value is -1.51. The van der Waals surface area contributed by atoms with Crippen LogP contribution in [-0.2, 0) is 0 Å². The Morgan fingerprint density at radius 2 is 1.68 bits per heavy atom. The first-order chi connectivity index (χ1) is 10.3. The van der Waals surface area contributed by atoms with E-state index in [2.05, 4.69) is 25.0 Å². The molecule has 1 unspecified atom stereocenters. The number of alkyl halides is 4. The fourth-order valence-corrected chi connectivity index (χ4v) is 1.76. The van der Waals surface area contributed by atoms with Crippen molar-refractivity contribution in [1.29, 1.82) is 0 Å². The highest BCUT2D eigenvalue weighted by molar-refractivity contribution is 6.31. The zero-order valence-corrected chi connectivity index (χ0v) is 12.7. The molecule has 1 heterocycles. The zero-order chi connectivity index (χ0) is 16.3. The molecular weight excluding hydrogens is 368 g/mol. The van der Waals surface area contributed by atoms with Crippen LogP contribution in [0.3, 0.4) is 0 Å². The fourth-order valence-electron chi connectivity index (χ4n) is 1.35. The van der Waals surface area contributed by atoms with Crippen LogP contribution in [0.1, 0.15) is 0 Å². The Labute approximate surface area is 137 Å². The highest BCUT2D eigenvalue weighted by Gasteiger charge is 2.42. The SMILES string of the molecule is FC(Cl)C(F)(F)Oc1ccccc1Nc1nc(Cl)nc(Cl)n1. The summed E-state index contributed by atoms with van der Waals surface area (Å²) in [6.45, 7) is 0. The maximum Gasteiger partial charge on any atom is 0.444 e. The third kappa shape index (κ3) is 4.25. The van der Waals surface area contributed by atoms with Crippen molar-refractivity contribution in [3.05, 3.63) is 34.8 Å². The Morgan fingerprint density at radius 3 is 2.27 bits per heavy atom. The minimum absolute atomic E-state index is 0.0258. The van der Waals surface area contributed by atoms with Crippen LogP contribution in [0.15, 0.2) is 24.3 Å². The number of aromatic nitrogens is 3. The normalized spacial score (nSPS) is 12.8. The molecule has 0 saturated heterocycles. The van der Waals surface area contributed by atoms with Gasteiger partial charge in [0.15, 0.2) is 0 Å². The standard InChI is InChI=1S/C11H6Cl3F3N4O/c12-7(15)11(16,17)22-6-4-2-1-3-5(6)18-10-20-8(13)19-9(14)21-10/h1-4,7H,(H,18,19,20,21). The minimum Gasteiger partial charge on any atom is -0.427 e. The number of ether oxygens (including phenoxy) is 1. The molecule has 0 fully saturated rings. The molecule has 118 valence electrons. The van der Waals surface area contributed by atoms with Crippen molar-refractivity contribution in [3.63, 3.8) is 0 Å². The summed E-state index contributed by atoms with van der Waals surface area (Å²) in [5.41, 5.74) is -2.99. The van der Waals surface area contributed by atoms with Gasteiger partial charge in [-0.1, -0.05) is 23.7 Å². The van der Waals surface area contributed by atoms with Crippen LogP contribution >= 0.6 is 34.8 Å². The lowest BCUT2D eigenvalue weighted by Crippen LogP contribution is -2.33. The average Bonchev–Trinajstić information content (AvgIpc) is 2.39. The molecule has 0 aliphatic carbocycles. The summed E-state index contributed by atoms with van der Waals surface area (Å²) in [5, 5.41) is 2.16. The number of para-hydroxylation sites is 2. The Morgan fingerprint density at radius 1 is 1.09 bits per heavy atom. The molecule has 5 nitrogen and oxygen atoms in total. The maximum atomic E-state index is 13.2. The van der Waals surface area contributed by atoms with E-state index in [0.717, 1.165) is 0 Å². The number of halogens is 6. The van der Waals surface area contributed by atoms with Crippen LogP contribution in [0.25, 0.3) is 0 Å². The van der Waals surface area contributed by atoms with Gasteiger partial charge in [0.2, 0.25) is 16.5 Å². The van der Waals surface area contributed by atoms with E-state index < -0.39 is 11.7 Å². The van der Waals surface area contributed by atoms with Gasteiger partial charge in [0.05, 0.1) is 5.69 Å². The third-order valence-corrected chi connectivity index (χ3v) is 2.81. The number of anilines is 2. The highest BCUT2D eigenvalue weighted by atomic mass is 35.5. The lowest BCUT2D eigenvalue weighted by atomic mass is 10.3. The fraction of sp³-hybridized carbons (Fsp3) is 0.182. The molecule has 0 amide bonds. The molecule has 1 aromatic carbocycles. The number of hydrogen-bond donors (Lipinski definition) is 1. The molecule has 2 rings (SSSR count). The predicted molar refractivity (Wildman–Crippen MR) is 75.9 cm³/mol. The molecule has 0 saturated carbocycles. The average molecular weight is 374 g/mol. The third-order valence-electron chi connectivity index (χ3n) is 2.21. The van der Waals surface area contributed by atoms with Gasteiger partial charge in [-0.15, -0.1) is 0 Å². The molecule has 0 spiro atoms. The first kappa shape index (κ1) is 16.9. The summed E-state index contributed by atoms with van der Waals surface area (Å²) in [5.74, 6) is -0.476. The molecular formula is C11H6Cl3F3N4O. The molecule has 22 heavy (non-hydrogen) atoms.